The first-order chi connectivity index (χ1) is 7.31. The van der Waals surface area contributed by atoms with Crippen molar-refractivity contribution in [3.05, 3.63) is 23.3 Å². The number of nitrogens with zero attached hydrogens (tertiary/aromatic N) is 2. The fourth-order valence-corrected chi connectivity index (χ4v) is 1.85. The van der Waals surface area contributed by atoms with Crippen LogP contribution in [0.3, 0.4) is 0 Å². The van der Waals surface area contributed by atoms with Gasteiger partial charge in [-0.15, -0.1) is 0 Å². The number of aryl methyl sites for hydroxylation is 1. The van der Waals surface area contributed by atoms with Crippen molar-refractivity contribution in [2.24, 2.45) is 0 Å². The lowest BCUT2D eigenvalue weighted by atomic mass is 10.2. The Morgan fingerprint density at radius 3 is 2.73 bits per heavy atom. The Kier molecular flexibility index (Phi) is 2.20. The van der Waals surface area contributed by atoms with E-state index in [1.165, 1.54) is 31.4 Å². The van der Waals surface area contributed by atoms with E-state index in [2.05, 4.69) is 28.3 Å². The molecule has 3 nitrogen and oxygen atoms in total. The monoisotopic (exact) mass is 203 g/mol. The molecule has 15 heavy (non-hydrogen) atoms. The summed E-state index contributed by atoms with van der Waals surface area (Å²) in [4.78, 5) is 9.09. The van der Waals surface area contributed by atoms with Crippen LogP contribution in [0.1, 0.15) is 48.8 Å². The van der Waals surface area contributed by atoms with Crippen LogP contribution in [0.15, 0.2) is 6.07 Å². The molecule has 1 N–H and O–H groups in total. The van der Waals surface area contributed by atoms with Crippen molar-refractivity contribution in [1.82, 2.24) is 15.3 Å². The molecular weight excluding hydrogens is 186 g/mol. The third kappa shape index (κ3) is 2.34. The number of hydrogen-bond acceptors (Lipinski definition) is 3. The second kappa shape index (κ2) is 3.56. The average Bonchev–Trinajstić information content (AvgIpc) is 3.06. The molecule has 1 aromatic heterocycles. The highest BCUT2D eigenvalue weighted by molar-refractivity contribution is 5.18. The van der Waals surface area contributed by atoms with E-state index in [-0.39, 0.29) is 0 Å². The predicted molar refractivity (Wildman–Crippen MR) is 58.6 cm³/mol. The molecule has 2 aliphatic rings. The molecule has 3 heteroatoms. The molecule has 3 rings (SSSR count). The maximum absolute atomic E-state index is 4.62. The van der Waals surface area contributed by atoms with Gasteiger partial charge in [0.05, 0.1) is 6.54 Å². The van der Waals surface area contributed by atoms with Gasteiger partial charge >= 0.3 is 0 Å². The summed E-state index contributed by atoms with van der Waals surface area (Å²) < 4.78 is 0. The Morgan fingerprint density at radius 2 is 2.07 bits per heavy atom. The topological polar surface area (TPSA) is 37.8 Å². The quantitative estimate of drug-likeness (QED) is 0.812. The normalized spacial score (nSPS) is 20.6. The van der Waals surface area contributed by atoms with Gasteiger partial charge in [0, 0.05) is 23.3 Å². The van der Waals surface area contributed by atoms with Crippen LogP contribution >= 0.6 is 0 Å². The van der Waals surface area contributed by atoms with Crippen molar-refractivity contribution < 1.29 is 0 Å². The highest BCUT2D eigenvalue weighted by Gasteiger charge is 2.26. The molecule has 0 unspecified atom stereocenters. The zero-order valence-electron chi connectivity index (χ0n) is 9.16. The van der Waals surface area contributed by atoms with Gasteiger partial charge in [-0.3, -0.25) is 0 Å². The molecule has 2 saturated carbocycles. The number of hydrogen-bond donors (Lipinski definition) is 1. The molecule has 0 bridgehead atoms. The Hall–Kier alpha value is -0.960. The van der Waals surface area contributed by atoms with E-state index < -0.39 is 0 Å². The molecule has 0 spiro atoms. The minimum atomic E-state index is 0.728. The fraction of sp³-hybridized carbons (Fsp3) is 0.667. The molecular formula is C12H17N3. The van der Waals surface area contributed by atoms with E-state index in [9.17, 15) is 0 Å². The maximum Gasteiger partial charge on any atom is 0.142 e. The molecule has 0 aromatic carbocycles. The number of rotatable bonds is 4. The molecule has 0 saturated heterocycles. The van der Waals surface area contributed by atoms with Crippen LogP contribution in [0.25, 0.3) is 0 Å². The Morgan fingerprint density at radius 1 is 1.27 bits per heavy atom. The molecule has 0 radical (unpaired) electrons. The summed E-state index contributed by atoms with van der Waals surface area (Å²) in [6, 6.07) is 2.87. The van der Waals surface area contributed by atoms with E-state index in [1.54, 1.807) is 0 Å². The van der Waals surface area contributed by atoms with E-state index >= 15 is 0 Å². The van der Waals surface area contributed by atoms with Gasteiger partial charge in [0.1, 0.15) is 5.82 Å². The molecule has 0 amide bonds. The van der Waals surface area contributed by atoms with Gasteiger partial charge in [-0.2, -0.15) is 0 Å². The van der Waals surface area contributed by atoms with E-state index in [1.807, 2.05) is 0 Å². The lowest BCUT2D eigenvalue weighted by Crippen LogP contribution is -2.18. The van der Waals surface area contributed by atoms with Gasteiger partial charge in [-0.25, -0.2) is 9.97 Å². The standard InChI is InChI=1S/C12H17N3/c1-8-6-11(9-2-3-9)15-12(14-8)7-13-10-4-5-10/h6,9-10,13H,2-5,7H2,1H3. The van der Waals surface area contributed by atoms with E-state index in [0.29, 0.717) is 0 Å². The molecule has 0 atom stereocenters. The van der Waals surface area contributed by atoms with E-state index in [4.69, 9.17) is 0 Å². The van der Waals surface area contributed by atoms with Crippen LogP contribution in [0.5, 0.6) is 0 Å². The van der Waals surface area contributed by atoms with Crippen molar-refractivity contribution in [2.45, 2.75) is 51.1 Å². The van der Waals surface area contributed by atoms with Gasteiger partial charge in [0.15, 0.2) is 0 Å². The molecule has 80 valence electrons. The highest BCUT2D eigenvalue weighted by atomic mass is 15.0. The Labute approximate surface area is 90.3 Å². The minimum absolute atomic E-state index is 0.728. The van der Waals surface area contributed by atoms with Crippen LogP contribution in [0.2, 0.25) is 0 Å². The predicted octanol–water partition coefficient (Wildman–Crippen LogP) is 1.91. The summed E-state index contributed by atoms with van der Waals surface area (Å²) in [5, 5.41) is 3.46. The molecule has 2 aliphatic carbocycles. The van der Waals surface area contributed by atoms with Crippen molar-refractivity contribution >= 4 is 0 Å². The minimum Gasteiger partial charge on any atom is -0.307 e. The first-order valence-corrected chi connectivity index (χ1v) is 5.89. The summed E-state index contributed by atoms with van der Waals surface area (Å²) in [5.74, 6) is 1.70. The summed E-state index contributed by atoms with van der Waals surface area (Å²) in [6.45, 7) is 2.90. The third-order valence-electron chi connectivity index (χ3n) is 3.04. The number of aromatic nitrogens is 2. The summed E-state index contributed by atoms with van der Waals surface area (Å²) in [5.41, 5.74) is 2.37. The smallest absolute Gasteiger partial charge is 0.142 e. The second-order valence-corrected chi connectivity index (χ2v) is 4.78. The molecule has 1 aromatic rings. The summed E-state index contributed by atoms with van der Waals surface area (Å²) in [6.07, 6.45) is 5.26. The second-order valence-electron chi connectivity index (χ2n) is 4.78. The van der Waals surface area contributed by atoms with Crippen molar-refractivity contribution in [1.29, 1.82) is 0 Å². The van der Waals surface area contributed by atoms with Crippen LogP contribution in [0, 0.1) is 6.92 Å². The molecule has 2 fully saturated rings. The van der Waals surface area contributed by atoms with Crippen molar-refractivity contribution in [3.63, 3.8) is 0 Å². The largest absolute Gasteiger partial charge is 0.307 e. The van der Waals surface area contributed by atoms with E-state index in [0.717, 1.165) is 30.0 Å². The lowest BCUT2D eigenvalue weighted by Gasteiger charge is -2.05. The van der Waals surface area contributed by atoms with Gasteiger partial charge in [0.25, 0.3) is 0 Å². The van der Waals surface area contributed by atoms with Gasteiger partial charge < -0.3 is 5.32 Å². The number of nitrogens with one attached hydrogen (secondary N) is 1. The van der Waals surface area contributed by atoms with Crippen LogP contribution in [-0.4, -0.2) is 16.0 Å². The summed E-state index contributed by atoms with van der Waals surface area (Å²) in [7, 11) is 0. The van der Waals surface area contributed by atoms with Gasteiger partial charge in [-0.05, 0) is 38.7 Å². The zero-order valence-corrected chi connectivity index (χ0v) is 9.16. The molecule has 0 aliphatic heterocycles. The van der Waals surface area contributed by atoms with Crippen molar-refractivity contribution in [3.8, 4) is 0 Å². The Balaban J connectivity index is 1.73. The maximum atomic E-state index is 4.62. The first kappa shape index (κ1) is 9.28. The lowest BCUT2D eigenvalue weighted by molar-refractivity contribution is 0.651. The van der Waals surface area contributed by atoms with Gasteiger partial charge in [-0.1, -0.05) is 0 Å². The zero-order chi connectivity index (χ0) is 10.3. The van der Waals surface area contributed by atoms with Crippen molar-refractivity contribution in [2.75, 3.05) is 0 Å². The van der Waals surface area contributed by atoms with Crippen LogP contribution in [-0.2, 0) is 6.54 Å². The van der Waals surface area contributed by atoms with Crippen LogP contribution in [0.4, 0.5) is 0 Å². The van der Waals surface area contributed by atoms with Gasteiger partial charge in [0.2, 0.25) is 0 Å². The SMILES string of the molecule is Cc1cc(C2CC2)nc(CNC2CC2)n1. The van der Waals surface area contributed by atoms with Crippen LogP contribution < -0.4 is 5.32 Å². The Bertz CT molecular complexity index is 367. The molecule has 1 heterocycles. The first-order valence-electron chi connectivity index (χ1n) is 5.89. The third-order valence-corrected chi connectivity index (χ3v) is 3.04. The summed E-state index contributed by atoms with van der Waals surface area (Å²) >= 11 is 0. The average molecular weight is 203 g/mol. The fourth-order valence-electron chi connectivity index (χ4n) is 1.85. The highest BCUT2D eigenvalue weighted by Crippen LogP contribution is 2.39.